The van der Waals surface area contributed by atoms with E-state index >= 15 is 0 Å². The van der Waals surface area contributed by atoms with E-state index in [-0.39, 0.29) is 13.6 Å². The smallest absolute Gasteiger partial charge is 0.410 e. The number of carbonyl (C=O) groups is 2. The number of aryl methyl sites for hydroxylation is 1. The van der Waals surface area contributed by atoms with Crippen LogP contribution in [0.2, 0.25) is 0 Å². The predicted molar refractivity (Wildman–Crippen MR) is 144 cm³/mol. The third kappa shape index (κ3) is 7.36. The first kappa shape index (κ1) is 26.7. The standard InChI is InChI=1S/C29H46N4O3.H2/c1-28(2,3)36-27(35)32(4)14-15-33(26(34)31-10-5-6-22-7-11-30-12-8-22)13-9-29-19-23-16-24(20-29)18-25(17-23)21-29;/h7-8,11-12,23-25H,5-6,9-10,13-21H2,1-4H3,(H,31,34);1H. The molecule has 0 aliphatic heterocycles. The summed E-state index contributed by atoms with van der Waals surface area (Å²) in [5.74, 6) is 2.72. The van der Waals surface area contributed by atoms with E-state index < -0.39 is 5.60 Å². The van der Waals surface area contributed by atoms with E-state index in [4.69, 9.17) is 4.74 Å². The van der Waals surface area contributed by atoms with Gasteiger partial charge in [0.05, 0.1) is 0 Å². The topological polar surface area (TPSA) is 74.8 Å². The van der Waals surface area contributed by atoms with Crippen LogP contribution in [0.5, 0.6) is 0 Å². The maximum absolute atomic E-state index is 13.3. The molecule has 0 aromatic carbocycles. The van der Waals surface area contributed by atoms with Crippen molar-refractivity contribution in [2.45, 2.75) is 84.2 Å². The van der Waals surface area contributed by atoms with E-state index in [0.717, 1.165) is 43.6 Å². The van der Waals surface area contributed by atoms with Gasteiger partial charge < -0.3 is 19.9 Å². The Labute approximate surface area is 218 Å². The van der Waals surface area contributed by atoms with Gasteiger partial charge in [-0.3, -0.25) is 4.98 Å². The highest BCUT2D eigenvalue weighted by molar-refractivity contribution is 5.74. The van der Waals surface area contributed by atoms with Crippen LogP contribution < -0.4 is 5.32 Å². The number of carbonyl (C=O) groups excluding carboxylic acids is 2. The second-order valence-corrected chi connectivity index (χ2v) is 12.7. The van der Waals surface area contributed by atoms with Crippen molar-refractivity contribution in [1.29, 1.82) is 0 Å². The second kappa shape index (κ2) is 11.4. The van der Waals surface area contributed by atoms with Gasteiger partial charge in [0.25, 0.3) is 0 Å². The van der Waals surface area contributed by atoms with Crippen molar-refractivity contribution < 1.29 is 15.8 Å². The fourth-order valence-corrected chi connectivity index (χ4v) is 7.13. The molecule has 0 saturated heterocycles. The molecule has 4 aliphatic carbocycles. The number of ether oxygens (including phenoxy) is 1. The fraction of sp³-hybridized carbons (Fsp3) is 0.759. The number of likely N-dealkylation sites (N-methyl/N-ethyl adjacent to an activating group) is 1. The number of rotatable bonds is 10. The molecule has 4 aliphatic rings. The zero-order chi connectivity index (χ0) is 25.8. The molecular weight excluding hydrogens is 452 g/mol. The molecule has 36 heavy (non-hydrogen) atoms. The van der Waals surface area contributed by atoms with Crippen LogP contribution in [0.4, 0.5) is 9.59 Å². The molecule has 7 heteroatoms. The first-order chi connectivity index (χ1) is 17.1. The average Bonchev–Trinajstić information content (AvgIpc) is 2.80. The molecule has 5 rings (SSSR count). The summed E-state index contributed by atoms with van der Waals surface area (Å²) >= 11 is 0. The number of urea groups is 1. The van der Waals surface area contributed by atoms with Crippen molar-refractivity contribution in [3.8, 4) is 0 Å². The minimum Gasteiger partial charge on any atom is -0.444 e. The van der Waals surface area contributed by atoms with E-state index in [1.54, 1.807) is 24.3 Å². The molecule has 1 heterocycles. The summed E-state index contributed by atoms with van der Waals surface area (Å²) < 4.78 is 5.50. The quantitative estimate of drug-likeness (QED) is 0.415. The average molecular weight is 501 g/mol. The molecule has 0 radical (unpaired) electrons. The molecule has 7 nitrogen and oxygen atoms in total. The second-order valence-electron chi connectivity index (χ2n) is 12.7. The van der Waals surface area contributed by atoms with E-state index in [2.05, 4.69) is 10.3 Å². The Kier molecular flexibility index (Phi) is 8.46. The number of hydrogen-bond acceptors (Lipinski definition) is 4. The molecule has 1 aromatic rings. The van der Waals surface area contributed by atoms with Crippen molar-refractivity contribution in [2.24, 2.45) is 23.2 Å². The van der Waals surface area contributed by atoms with Crippen LogP contribution in [0.1, 0.15) is 79.1 Å². The van der Waals surface area contributed by atoms with Crippen molar-refractivity contribution in [2.75, 3.05) is 33.2 Å². The molecular formula is C29H48N4O3. The van der Waals surface area contributed by atoms with Gasteiger partial charge in [0.15, 0.2) is 0 Å². The maximum atomic E-state index is 13.3. The van der Waals surface area contributed by atoms with Gasteiger partial charge in [-0.25, -0.2) is 9.59 Å². The monoisotopic (exact) mass is 500 g/mol. The number of nitrogens with one attached hydrogen (secondary N) is 1. The van der Waals surface area contributed by atoms with Gasteiger partial charge in [-0.2, -0.15) is 0 Å². The fourth-order valence-electron chi connectivity index (χ4n) is 7.13. The summed E-state index contributed by atoms with van der Waals surface area (Å²) in [5, 5.41) is 3.14. The zero-order valence-electron chi connectivity index (χ0n) is 22.8. The Morgan fingerprint density at radius 3 is 2.25 bits per heavy atom. The maximum Gasteiger partial charge on any atom is 0.410 e. The van der Waals surface area contributed by atoms with Gasteiger partial charge in [-0.1, -0.05) is 0 Å². The predicted octanol–water partition coefficient (Wildman–Crippen LogP) is 5.75. The van der Waals surface area contributed by atoms with Crippen LogP contribution in [-0.2, 0) is 11.2 Å². The van der Waals surface area contributed by atoms with Crippen molar-refractivity contribution in [3.63, 3.8) is 0 Å². The number of aromatic nitrogens is 1. The Bertz CT molecular complexity index is 854. The summed E-state index contributed by atoms with van der Waals surface area (Å²) in [6.45, 7) is 7.97. The van der Waals surface area contributed by atoms with Crippen molar-refractivity contribution in [3.05, 3.63) is 30.1 Å². The number of pyridine rings is 1. The van der Waals surface area contributed by atoms with Gasteiger partial charge in [0, 0.05) is 47.0 Å². The molecule has 3 amide bonds. The number of nitrogens with zero attached hydrogens (tertiary/aromatic N) is 3. The summed E-state index contributed by atoms with van der Waals surface area (Å²) in [5.41, 5.74) is 1.12. The first-order valence-electron chi connectivity index (χ1n) is 14.0. The molecule has 4 bridgehead atoms. The van der Waals surface area contributed by atoms with Gasteiger partial charge in [0.1, 0.15) is 5.60 Å². The van der Waals surface area contributed by atoms with E-state index in [1.165, 1.54) is 44.1 Å². The minimum atomic E-state index is -0.532. The highest BCUT2D eigenvalue weighted by Gasteiger charge is 2.50. The van der Waals surface area contributed by atoms with Crippen molar-refractivity contribution in [1.82, 2.24) is 20.1 Å². The number of hydrogen-bond donors (Lipinski definition) is 1. The van der Waals surface area contributed by atoms with E-state index in [0.29, 0.717) is 25.0 Å². The van der Waals surface area contributed by atoms with Crippen LogP contribution in [-0.4, -0.2) is 65.7 Å². The normalized spacial score (nSPS) is 26.5. The molecule has 0 atom stereocenters. The van der Waals surface area contributed by atoms with Crippen LogP contribution in [0.15, 0.2) is 24.5 Å². The molecule has 4 saturated carbocycles. The summed E-state index contributed by atoms with van der Waals surface area (Å²) in [6.07, 6.45) is 14.5. The summed E-state index contributed by atoms with van der Waals surface area (Å²) in [4.78, 5) is 33.3. The highest BCUT2D eigenvalue weighted by atomic mass is 16.6. The van der Waals surface area contributed by atoms with Crippen LogP contribution in [0, 0.1) is 23.2 Å². The Hall–Kier alpha value is -2.31. The van der Waals surface area contributed by atoms with E-state index in [1.807, 2.05) is 37.8 Å². The lowest BCUT2D eigenvalue weighted by molar-refractivity contribution is -0.0597. The Morgan fingerprint density at radius 1 is 1.06 bits per heavy atom. The molecule has 1 aromatic heterocycles. The zero-order valence-corrected chi connectivity index (χ0v) is 22.8. The van der Waals surface area contributed by atoms with E-state index in [9.17, 15) is 9.59 Å². The third-order valence-corrected chi connectivity index (χ3v) is 8.44. The van der Waals surface area contributed by atoms with Crippen LogP contribution in [0.25, 0.3) is 0 Å². The van der Waals surface area contributed by atoms with Crippen molar-refractivity contribution >= 4 is 12.1 Å². The molecule has 4 fully saturated rings. The van der Waals surface area contributed by atoms with Gasteiger partial charge in [0.2, 0.25) is 0 Å². The summed E-state index contributed by atoms with van der Waals surface area (Å²) in [6, 6.07) is 4.02. The van der Waals surface area contributed by atoms with Crippen LogP contribution >= 0.6 is 0 Å². The van der Waals surface area contributed by atoms with Crippen LogP contribution in [0.3, 0.4) is 0 Å². The molecule has 0 spiro atoms. The minimum absolute atomic E-state index is 0. The lowest BCUT2D eigenvalue weighted by Crippen LogP contribution is -2.50. The molecule has 202 valence electrons. The van der Waals surface area contributed by atoms with Gasteiger partial charge in [-0.05, 0) is 119 Å². The number of amides is 3. The lowest BCUT2D eigenvalue weighted by Gasteiger charge is -2.57. The third-order valence-electron chi connectivity index (χ3n) is 8.44. The van der Waals surface area contributed by atoms with Gasteiger partial charge in [-0.15, -0.1) is 0 Å². The Balaban J connectivity index is 0.00000380. The first-order valence-corrected chi connectivity index (χ1v) is 14.0. The molecule has 1 N–H and O–H groups in total. The van der Waals surface area contributed by atoms with Gasteiger partial charge >= 0.3 is 12.1 Å². The lowest BCUT2D eigenvalue weighted by atomic mass is 9.49. The summed E-state index contributed by atoms with van der Waals surface area (Å²) in [7, 11) is 1.75. The highest BCUT2D eigenvalue weighted by Crippen LogP contribution is 2.61. The largest absolute Gasteiger partial charge is 0.444 e. The Morgan fingerprint density at radius 2 is 1.67 bits per heavy atom. The molecule has 0 unspecified atom stereocenters. The SMILES string of the molecule is CN(CCN(CCC12CC3CC(CC(C3)C1)C2)C(=O)NCCCc1ccncc1)C(=O)OC(C)(C)C.[HH].